The van der Waals surface area contributed by atoms with Crippen LogP contribution in [0, 0.1) is 17.6 Å². The second kappa shape index (κ2) is 4.33. The van der Waals surface area contributed by atoms with Crippen molar-refractivity contribution >= 4 is 5.82 Å². The summed E-state index contributed by atoms with van der Waals surface area (Å²) in [7, 11) is 0. The fourth-order valence-electron chi connectivity index (χ4n) is 2.59. The van der Waals surface area contributed by atoms with E-state index in [2.05, 4.69) is 11.9 Å². The Hall–Kier alpha value is -1.91. The van der Waals surface area contributed by atoms with Crippen LogP contribution in [0.5, 0.6) is 0 Å². The van der Waals surface area contributed by atoms with Crippen LogP contribution >= 0.6 is 0 Å². The number of benzene rings is 1. The molecule has 3 rings (SSSR count). The van der Waals surface area contributed by atoms with Gasteiger partial charge in [0.15, 0.2) is 0 Å². The molecule has 1 atom stereocenters. The fraction of sp³-hybridized carbons (Fsp3) is 0.357. The third-order valence-electron chi connectivity index (χ3n) is 3.60. The molecular weight excluding hydrogens is 248 g/mol. The highest BCUT2D eigenvalue weighted by Crippen LogP contribution is 2.31. The van der Waals surface area contributed by atoms with Crippen molar-refractivity contribution in [2.75, 3.05) is 5.73 Å². The first-order valence-electron chi connectivity index (χ1n) is 6.36. The molecule has 0 saturated heterocycles. The predicted molar refractivity (Wildman–Crippen MR) is 69.5 cm³/mol. The molecule has 0 bridgehead atoms. The van der Waals surface area contributed by atoms with Gasteiger partial charge in [-0.1, -0.05) is 6.92 Å². The average Bonchev–Trinajstić information content (AvgIpc) is 2.65. The zero-order valence-corrected chi connectivity index (χ0v) is 10.7. The van der Waals surface area contributed by atoms with Gasteiger partial charge in [-0.05, 0) is 24.5 Å². The van der Waals surface area contributed by atoms with Gasteiger partial charge in [0.1, 0.15) is 29.0 Å². The molecule has 0 radical (unpaired) electrons. The Balaban J connectivity index is 2.11. The normalized spacial score (nSPS) is 18.4. The van der Waals surface area contributed by atoms with Crippen LogP contribution in [0.4, 0.5) is 14.6 Å². The molecule has 0 spiro atoms. The van der Waals surface area contributed by atoms with E-state index in [-0.39, 0.29) is 0 Å². The third kappa shape index (κ3) is 2.09. The number of nitrogens with two attached hydrogens (primary N) is 1. The monoisotopic (exact) mass is 263 g/mol. The van der Waals surface area contributed by atoms with Gasteiger partial charge in [0.05, 0.1) is 0 Å². The van der Waals surface area contributed by atoms with Gasteiger partial charge in [-0.15, -0.1) is 0 Å². The van der Waals surface area contributed by atoms with E-state index >= 15 is 0 Å². The Morgan fingerprint density at radius 2 is 1.95 bits per heavy atom. The summed E-state index contributed by atoms with van der Waals surface area (Å²) >= 11 is 0. The molecule has 2 N–H and O–H groups in total. The van der Waals surface area contributed by atoms with Crippen molar-refractivity contribution in [3.05, 3.63) is 35.7 Å². The highest BCUT2D eigenvalue weighted by Gasteiger charge is 2.22. The molecule has 2 heterocycles. The summed E-state index contributed by atoms with van der Waals surface area (Å²) in [5.74, 6) is 0.719. The van der Waals surface area contributed by atoms with Crippen LogP contribution < -0.4 is 5.73 Å². The number of halogens is 2. The summed E-state index contributed by atoms with van der Waals surface area (Å²) in [4.78, 5) is 4.46. The van der Waals surface area contributed by atoms with E-state index in [9.17, 15) is 8.78 Å². The number of hydrogen-bond donors (Lipinski definition) is 1. The number of anilines is 1. The number of aromatic nitrogens is 2. The molecule has 1 aromatic carbocycles. The molecular formula is C14H15F2N3. The van der Waals surface area contributed by atoms with Crippen molar-refractivity contribution in [3.63, 3.8) is 0 Å². The van der Waals surface area contributed by atoms with Crippen LogP contribution in [0.25, 0.3) is 11.3 Å². The standard InChI is InChI=1S/C14H15F2N3/c1-8-2-3-19-12(4-8)18-13(14(19)17)9-5-10(15)7-11(16)6-9/h5-8H,2-4,17H2,1H3. The molecule has 100 valence electrons. The van der Waals surface area contributed by atoms with Gasteiger partial charge in [0.2, 0.25) is 0 Å². The number of hydrogen-bond acceptors (Lipinski definition) is 2. The highest BCUT2D eigenvalue weighted by molar-refractivity contribution is 5.71. The number of rotatable bonds is 1. The molecule has 0 amide bonds. The summed E-state index contributed by atoms with van der Waals surface area (Å²) in [6, 6.07) is 3.37. The molecule has 2 aromatic rings. The first kappa shape index (κ1) is 12.1. The van der Waals surface area contributed by atoms with Crippen molar-refractivity contribution in [2.45, 2.75) is 26.3 Å². The molecule has 5 heteroatoms. The zero-order valence-electron chi connectivity index (χ0n) is 10.7. The molecule has 0 aliphatic carbocycles. The number of fused-ring (bicyclic) bond motifs is 1. The molecule has 3 nitrogen and oxygen atoms in total. The van der Waals surface area contributed by atoms with Gasteiger partial charge in [-0.2, -0.15) is 0 Å². The van der Waals surface area contributed by atoms with E-state index in [1.165, 1.54) is 12.1 Å². The number of nitrogen functional groups attached to an aromatic ring is 1. The van der Waals surface area contributed by atoms with Crippen molar-refractivity contribution in [2.24, 2.45) is 5.92 Å². The number of imidazole rings is 1. The van der Waals surface area contributed by atoms with Crippen molar-refractivity contribution in [1.29, 1.82) is 0 Å². The van der Waals surface area contributed by atoms with Crippen LogP contribution in [0.1, 0.15) is 19.2 Å². The Kier molecular flexibility index (Phi) is 2.77. The van der Waals surface area contributed by atoms with E-state index in [0.717, 1.165) is 31.3 Å². The Morgan fingerprint density at radius 1 is 1.26 bits per heavy atom. The van der Waals surface area contributed by atoms with Crippen LogP contribution in [0.3, 0.4) is 0 Å². The minimum atomic E-state index is -0.617. The summed E-state index contributed by atoms with van der Waals surface area (Å²) < 4.78 is 28.5. The van der Waals surface area contributed by atoms with E-state index in [4.69, 9.17) is 5.73 Å². The van der Waals surface area contributed by atoms with Gasteiger partial charge < -0.3 is 10.3 Å². The van der Waals surface area contributed by atoms with Gasteiger partial charge >= 0.3 is 0 Å². The Labute approximate surface area is 110 Å². The van der Waals surface area contributed by atoms with Gasteiger partial charge in [-0.3, -0.25) is 0 Å². The van der Waals surface area contributed by atoms with Crippen molar-refractivity contribution in [3.8, 4) is 11.3 Å². The Morgan fingerprint density at radius 3 is 2.63 bits per heavy atom. The molecule has 1 aliphatic heterocycles. The average molecular weight is 263 g/mol. The first-order chi connectivity index (χ1) is 9.04. The maximum atomic E-state index is 13.3. The van der Waals surface area contributed by atoms with Crippen molar-refractivity contribution < 1.29 is 8.78 Å². The molecule has 0 saturated carbocycles. The minimum absolute atomic E-state index is 0.393. The molecule has 19 heavy (non-hydrogen) atoms. The summed E-state index contributed by atoms with van der Waals surface area (Å²) in [6.07, 6.45) is 1.90. The summed E-state index contributed by atoms with van der Waals surface area (Å²) in [6.45, 7) is 2.98. The maximum absolute atomic E-state index is 13.3. The summed E-state index contributed by atoms with van der Waals surface area (Å²) in [5, 5.41) is 0. The smallest absolute Gasteiger partial charge is 0.131 e. The zero-order chi connectivity index (χ0) is 13.6. The predicted octanol–water partition coefficient (Wildman–Crippen LogP) is 2.99. The minimum Gasteiger partial charge on any atom is -0.383 e. The highest BCUT2D eigenvalue weighted by atomic mass is 19.1. The lowest BCUT2D eigenvalue weighted by Crippen LogP contribution is -2.18. The maximum Gasteiger partial charge on any atom is 0.131 e. The Bertz CT molecular complexity index is 614. The lowest BCUT2D eigenvalue weighted by molar-refractivity contribution is 0.412. The third-order valence-corrected chi connectivity index (χ3v) is 3.60. The van der Waals surface area contributed by atoms with Gasteiger partial charge in [0, 0.05) is 24.6 Å². The topological polar surface area (TPSA) is 43.8 Å². The lowest BCUT2D eigenvalue weighted by Gasteiger charge is -2.20. The molecule has 1 aliphatic rings. The van der Waals surface area contributed by atoms with Gasteiger partial charge in [-0.25, -0.2) is 13.8 Å². The lowest BCUT2D eigenvalue weighted by atomic mass is 10.0. The van der Waals surface area contributed by atoms with Gasteiger partial charge in [0.25, 0.3) is 0 Å². The molecule has 0 fully saturated rings. The second-order valence-corrected chi connectivity index (χ2v) is 5.17. The SMILES string of the molecule is CC1CCn2c(nc(-c3cc(F)cc(F)c3)c2N)C1. The van der Waals surface area contributed by atoms with E-state index in [1.807, 2.05) is 4.57 Å². The van der Waals surface area contributed by atoms with Crippen molar-refractivity contribution in [1.82, 2.24) is 9.55 Å². The van der Waals surface area contributed by atoms with Crippen LogP contribution in [0.15, 0.2) is 18.2 Å². The van der Waals surface area contributed by atoms with E-state index < -0.39 is 11.6 Å². The summed E-state index contributed by atoms with van der Waals surface area (Å²) in [5.41, 5.74) is 6.92. The van der Waals surface area contributed by atoms with Crippen LogP contribution in [0.2, 0.25) is 0 Å². The molecule has 1 aromatic heterocycles. The fourth-order valence-corrected chi connectivity index (χ4v) is 2.59. The van der Waals surface area contributed by atoms with Crippen LogP contribution in [-0.2, 0) is 13.0 Å². The largest absolute Gasteiger partial charge is 0.383 e. The quantitative estimate of drug-likeness (QED) is 0.859. The second-order valence-electron chi connectivity index (χ2n) is 5.17. The first-order valence-corrected chi connectivity index (χ1v) is 6.36. The van der Waals surface area contributed by atoms with Crippen LogP contribution in [-0.4, -0.2) is 9.55 Å². The van der Waals surface area contributed by atoms with E-state index in [1.54, 1.807) is 0 Å². The van der Waals surface area contributed by atoms with E-state index in [0.29, 0.717) is 23.0 Å². The molecule has 1 unspecified atom stereocenters. The number of nitrogens with zero attached hydrogens (tertiary/aromatic N) is 2.